The zero-order valence-corrected chi connectivity index (χ0v) is 29.8. The van der Waals surface area contributed by atoms with Gasteiger partial charge in [0.25, 0.3) is 0 Å². The van der Waals surface area contributed by atoms with Crippen LogP contribution in [-0.2, 0) is 8.85 Å². The van der Waals surface area contributed by atoms with Gasteiger partial charge in [0, 0.05) is 24.0 Å². The molecule has 0 spiro atoms. The SMILES string of the molecule is CCCCC[Si](CCCCC)(OC)C(CCCC)SC(CCCC)[Si](CCCCC)(CCCCC)OC. The molecule has 0 aliphatic rings. The highest BCUT2D eigenvalue weighted by Crippen LogP contribution is 2.44. The molecule has 0 N–H and O–H groups in total. The molecule has 2 unspecified atom stereocenters. The van der Waals surface area contributed by atoms with Gasteiger partial charge in [-0.05, 0) is 37.0 Å². The summed E-state index contributed by atoms with van der Waals surface area (Å²) in [5, 5.41) is 0. The van der Waals surface area contributed by atoms with Gasteiger partial charge in [-0.1, -0.05) is 144 Å². The highest BCUT2D eigenvalue weighted by atomic mass is 32.2. The van der Waals surface area contributed by atoms with Crippen LogP contribution < -0.4 is 0 Å². The van der Waals surface area contributed by atoms with Crippen LogP contribution >= 0.6 is 11.8 Å². The van der Waals surface area contributed by atoms with Crippen LogP contribution in [0.3, 0.4) is 0 Å². The van der Waals surface area contributed by atoms with Crippen molar-refractivity contribution in [2.75, 3.05) is 14.2 Å². The molecule has 0 fully saturated rings. The predicted octanol–water partition coefficient (Wildman–Crippen LogP) is 11.9. The van der Waals surface area contributed by atoms with Crippen LogP contribution in [0.5, 0.6) is 0 Å². The van der Waals surface area contributed by atoms with Crippen molar-refractivity contribution in [3.8, 4) is 0 Å². The molecule has 0 saturated carbocycles. The molecule has 0 bridgehead atoms. The van der Waals surface area contributed by atoms with Crippen LogP contribution in [0.4, 0.5) is 0 Å². The Bertz CT molecular complexity index is 429. The van der Waals surface area contributed by atoms with Crippen molar-refractivity contribution in [2.24, 2.45) is 0 Å². The topological polar surface area (TPSA) is 18.5 Å². The summed E-state index contributed by atoms with van der Waals surface area (Å²) in [6.07, 6.45) is 24.2. The molecule has 0 aliphatic heterocycles. The third kappa shape index (κ3) is 14.8. The molecule has 37 heavy (non-hydrogen) atoms. The van der Waals surface area contributed by atoms with Crippen molar-refractivity contribution in [1.82, 2.24) is 0 Å². The monoisotopic (exact) mass is 574 g/mol. The van der Waals surface area contributed by atoms with Gasteiger partial charge in [-0.25, -0.2) is 0 Å². The van der Waals surface area contributed by atoms with Gasteiger partial charge in [-0.3, -0.25) is 0 Å². The van der Waals surface area contributed by atoms with Crippen LogP contribution in [0, 0.1) is 0 Å². The van der Waals surface area contributed by atoms with Crippen LogP contribution in [0.2, 0.25) is 24.2 Å². The average molecular weight is 575 g/mol. The summed E-state index contributed by atoms with van der Waals surface area (Å²) in [5.41, 5.74) is 0. The lowest BCUT2D eigenvalue weighted by Crippen LogP contribution is -2.53. The van der Waals surface area contributed by atoms with Crippen LogP contribution in [0.1, 0.15) is 157 Å². The van der Waals surface area contributed by atoms with E-state index < -0.39 is 16.6 Å². The lowest BCUT2D eigenvalue weighted by Gasteiger charge is -2.44. The standard InChI is InChI=1S/C32H70O2SSi2/c1-9-15-21-27-36(33-7,28-22-16-10-2)31(25-19-13-5)35-32(26-20-14-6)37(34-8,29-23-17-11-3)30-24-18-12-4/h31-32H,9-30H2,1-8H3. The van der Waals surface area contributed by atoms with E-state index in [1.54, 1.807) is 0 Å². The molecule has 5 heteroatoms. The Morgan fingerprint density at radius 3 is 0.919 bits per heavy atom. The Balaban J connectivity index is 6.32. The summed E-state index contributed by atoms with van der Waals surface area (Å²) in [6, 6.07) is 5.48. The lowest BCUT2D eigenvalue weighted by molar-refractivity contribution is 0.375. The van der Waals surface area contributed by atoms with Crippen LogP contribution in [0.25, 0.3) is 0 Å². The van der Waals surface area contributed by atoms with Crippen molar-refractivity contribution in [3.63, 3.8) is 0 Å². The van der Waals surface area contributed by atoms with Gasteiger partial charge in [0.15, 0.2) is 0 Å². The van der Waals surface area contributed by atoms with Crippen molar-refractivity contribution in [2.45, 2.75) is 191 Å². The molecule has 224 valence electrons. The Morgan fingerprint density at radius 1 is 0.432 bits per heavy atom. The van der Waals surface area contributed by atoms with E-state index in [1.807, 2.05) is 0 Å². The van der Waals surface area contributed by atoms with Gasteiger partial charge in [-0.15, -0.1) is 0 Å². The van der Waals surface area contributed by atoms with Crippen molar-refractivity contribution >= 4 is 28.4 Å². The van der Waals surface area contributed by atoms with Crippen LogP contribution in [0.15, 0.2) is 0 Å². The van der Waals surface area contributed by atoms with Crippen molar-refractivity contribution < 1.29 is 8.85 Å². The molecular weight excluding hydrogens is 505 g/mol. The van der Waals surface area contributed by atoms with E-state index in [-0.39, 0.29) is 0 Å². The summed E-state index contributed by atoms with van der Waals surface area (Å²) >= 11 is 2.44. The highest BCUT2D eigenvalue weighted by Gasteiger charge is 2.48. The van der Waals surface area contributed by atoms with Crippen LogP contribution in [-0.4, -0.2) is 40.6 Å². The Kier molecular flexibility index (Phi) is 25.0. The lowest BCUT2D eigenvalue weighted by atomic mass is 10.3. The Morgan fingerprint density at radius 2 is 0.703 bits per heavy atom. The molecule has 0 aromatic carbocycles. The molecule has 0 radical (unpaired) electrons. The van der Waals surface area contributed by atoms with Crippen molar-refractivity contribution in [3.05, 3.63) is 0 Å². The smallest absolute Gasteiger partial charge is 0.205 e. The van der Waals surface area contributed by atoms with E-state index in [0.29, 0.717) is 0 Å². The maximum atomic E-state index is 6.83. The largest absolute Gasteiger partial charge is 0.419 e. The molecule has 0 saturated heterocycles. The van der Waals surface area contributed by atoms with Crippen molar-refractivity contribution in [1.29, 1.82) is 0 Å². The molecule has 0 aromatic heterocycles. The molecule has 0 heterocycles. The molecule has 0 rings (SSSR count). The third-order valence-corrected chi connectivity index (χ3v) is 22.6. The highest BCUT2D eigenvalue weighted by molar-refractivity contribution is 8.03. The van der Waals surface area contributed by atoms with Gasteiger partial charge in [-0.2, -0.15) is 11.8 Å². The minimum absolute atomic E-state index is 0.729. The third-order valence-electron chi connectivity index (χ3n) is 8.77. The minimum Gasteiger partial charge on any atom is -0.419 e. The summed E-state index contributed by atoms with van der Waals surface area (Å²) in [4.78, 5) is 1.46. The van der Waals surface area contributed by atoms with E-state index in [0.717, 1.165) is 9.75 Å². The fourth-order valence-electron chi connectivity index (χ4n) is 6.15. The molecule has 0 amide bonds. The maximum absolute atomic E-state index is 6.83. The maximum Gasteiger partial charge on any atom is 0.205 e. The normalized spacial score (nSPS) is 14.3. The summed E-state index contributed by atoms with van der Waals surface area (Å²) in [5.74, 6) is 0. The first-order valence-corrected chi connectivity index (χ1v) is 22.5. The van der Waals surface area contributed by atoms with Gasteiger partial charge >= 0.3 is 0 Å². The Hall–Kier alpha value is 0.704. The molecule has 0 aliphatic carbocycles. The average Bonchev–Trinajstić information content (AvgIpc) is 2.91. The fraction of sp³-hybridized carbons (Fsp3) is 1.00. The fourth-order valence-corrected chi connectivity index (χ4v) is 20.5. The first kappa shape index (κ1) is 37.7. The van der Waals surface area contributed by atoms with E-state index >= 15 is 0 Å². The second-order valence-corrected chi connectivity index (χ2v) is 22.5. The Labute approximate surface area is 241 Å². The molecule has 2 atom stereocenters. The second kappa shape index (κ2) is 24.5. The van der Waals surface area contributed by atoms with E-state index in [1.165, 1.54) is 140 Å². The quantitative estimate of drug-likeness (QED) is 0.0683. The van der Waals surface area contributed by atoms with Gasteiger partial charge in [0.1, 0.15) is 0 Å². The number of hydrogen-bond acceptors (Lipinski definition) is 3. The number of rotatable bonds is 28. The molecular formula is C32H70O2SSi2. The van der Waals surface area contributed by atoms with Gasteiger partial charge in [0.05, 0.1) is 0 Å². The van der Waals surface area contributed by atoms with E-state index in [4.69, 9.17) is 8.85 Å². The second-order valence-electron chi connectivity index (χ2n) is 11.8. The number of unbranched alkanes of at least 4 members (excludes halogenated alkanes) is 10. The zero-order valence-electron chi connectivity index (χ0n) is 26.9. The van der Waals surface area contributed by atoms with E-state index in [9.17, 15) is 0 Å². The number of hydrogen-bond donors (Lipinski definition) is 0. The summed E-state index contributed by atoms with van der Waals surface area (Å²) in [7, 11) is 0.509. The summed E-state index contributed by atoms with van der Waals surface area (Å²) in [6.45, 7) is 14.2. The van der Waals surface area contributed by atoms with Gasteiger partial charge < -0.3 is 8.85 Å². The van der Waals surface area contributed by atoms with E-state index in [2.05, 4.69) is 67.5 Å². The zero-order chi connectivity index (χ0) is 27.8. The predicted molar refractivity (Wildman–Crippen MR) is 177 cm³/mol. The molecule has 0 aromatic rings. The first-order chi connectivity index (χ1) is 18.0. The first-order valence-electron chi connectivity index (χ1n) is 16.7. The number of thioether (sulfide) groups is 1. The minimum atomic E-state index is -1.85. The van der Waals surface area contributed by atoms with Gasteiger partial charge in [0.2, 0.25) is 16.6 Å². The molecule has 2 nitrogen and oxygen atoms in total. The summed E-state index contributed by atoms with van der Waals surface area (Å²) < 4.78 is 13.7.